The highest BCUT2D eigenvalue weighted by Crippen LogP contribution is 2.22. The molecule has 2 N–H and O–H groups in total. The fourth-order valence-electron chi connectivity index (χ4n) is 2.39. The molecule has 1 fully saturated rings. The van der Waals surface area contributed by atoms with Gasteiger partial charge in [-0.05, 0) is 13.0 Å². The quantitative estimate of drug-likeness (QED) is 0.151. The van der Waals surface area contributed by atoms with Gasteiger partial charge in [0.1, 0.15) is 11.6 Å². The van der Waals surface area contributed by atoms with Crippen molar-refractivity contribution in [2.24, 2.45) is 5.84 Å². The monoisotopic (exact) mass is 452 g/mol. The first kappa shape index (κ1) is 24.1. The standard InChI is InChI=1S/C15H21N4O6S2.ClH/c1-3-25-15(22)12-9-26-10-18(12)13(20)8-17-6-4-5-11(7-17)14(21)19(16)27(2,23)24;/h4-7,12H,3,8-10,16H2,1-2H3;1H/q+1;/p-1. The number of carbonyl (C=O) groups excluding carboxylic acids is 3. The number of ether oxygens (including phenoxy) is 1. The molecule has 1 unspecified atom stereocenters. The maximum Gasteiger partial charge on any atom is 0.329 e. The van der Waals surface area contributed by atoms with E-state index in [4.69, 9.17) is 10.6 Å². The van der Waals surface area contributed by atoms with Crippen LogP contribution in [0.1, 0.15) is 17.3 Å². The van der Waals surface area contributed by atoms with Crippen LogP contribution >= 0.6 is 11.8 Å². The number of pyridine rings is 1. The molecule has 0 bridgehead atoms. The van der Waals surface area contributed by atoms with Crippen LogP contribution in [0, 0.1) is 0 Å². The number of carbonyl (C=O) groups is 3. The number of nitrogens with two attached hydrogens (primary N) is 1. The van der Waals surface area contributed by atoms with Gasteiger partial charge >= 0.3 is 5.97 Å². The van der Waals surface area contributed by atoms with Crippen molar-refractivity contribution < 1.29 is 44.5 Å². The van der Waals surface area contributed by atoms with Crippen molar-refractivity contribution >= 4 is 39.6 Å². The number of thioether (sulfide) groups is 1. The topological polar surface area (TPSA) is 131 Å². The van der Waals surface area contributed by atoms with Gasteiger partial charge in [-0.2, -0.15) is 8.98 Å². The third-order valence-electron chi connectivity index (χ3n) is 3.74. The lowest BCUT2D eigenvalue weighted by molar-refractivity contribution is -0.685. The largest absolute Gasteiger partial charge is 1.00 e. The molecular weight excluding hydrogens is 432 g/mol. The smallest absolute Gasteiger partial charge is 0.329 e. The first-order chi connectivity index (χ1) is 12.6. The molecule has 13 heteroatoms. The van der Waals surface area contributed by atoms with Crippen LogP contribution < -0.4 is 22.8 Å². The highest BCUT2D eigenvalue weighted by Gasteiger charge is 2.37. The molecule has 0 radical (unpaired) electrons. The van der Waals surface area contributed by atoms with Crippen LogP contribution in [0.4, 0.5) is 0 Å². The van der Waals surface area contributed by atoms with E-state index >= 15 is 0 Å². The summed E-state index contributed by atoms with van der Waals surface area (Å²) in [5.74, 6) is 4.46. The minimum atomic E-state index is -3.90. The number of sulfonamides is 1. The number of aromatic nitrogens is 1. The Labute approximate surface area is 173 Å². The third-order valence-corrected chi connectivity index (χ3v) is 5.63. The number of hydrogen-bond acceptors (Lipinski definition) is 8. The van der Waals surface area contributed by atoms with Gasteiger partial charge in [0.05, 0.1) is 18.7 Å². The predicted octanol–water partition coefficient (Wildman–Crippen LogP) is -4.28. The molecule has 0 aromatic carbocycles. The summed E-state index contributed by atoms with van der Waals surface area (Å²) in [6.07, 6.45) is 3.69. The van der Waals surface area contributed by atoms with Crippen molar-refractivity contribution in [2.75, 3.05) is 24.5 Å². The summed E-state index contributed by atoms with van der Waals surface area (Å²) in [4.78, 5) is 38.1. The van der Waals surface area contributed by atoms with Gasteiger partial charge in [0, 0.05) is 11.8 Å². The minimum absolute atomic E-state index is 0. The van der Waals surface area contributed by atoms with E-state index in [1.807, 2.05) is 0 Å². The molecule has 1 aromatic heterocycles. The summed E-state index contributed by atoms with van der Waals surface area (Å²) < 4.78 is 29.4. The zero-order valence-electron chi connectivity index (χ0n) is 15.3. The van der Waals surface area contributed by atoms with Crippen LogP contribution in [0.25, 0.3) is 0 Å². The number of rotatable bonds is 6. The molecule has 2 rings (SSSR count). The fraction of sp³-hybridized carbons (Fsp3) is 0.467. The first-order valence-electron chi connectivity index (χ1n) is 7.97. The lowest BCUT2D eigenvalue weighted by Gasteiger charge is -2.20. The molecule has 1 aliphatic heterocycles. The van der Waals surface area contributed by atoms with Crippen LogP contribution in [0.2, 0.25) is 0 Å². The van der Waals surface area contributed by atoms with E-state index in [2.05, 4.69) is 0 Å². The second-order valence-electron chi connectivity index (χ2n) is 5.76. The summed E-state index contributed by atoms with van der Waals surface area (Å²) in [5.41, 5.74) is 0.0102. The van der Waals surface area contributed by atoms with Crippen LogP contribution in [0.5, 0.6) is 0 Å². The van der Waals surface area contributed by atoms with E-state index in [-0.39, 0.29) is 41.4 Å². The third kappa shape index (κ3) is 5.80. The SMILES string of the molecule is CCOC(=O)C1CSCN1C(=O)C[n+]1cccc(C(=O)N(N)S(C)(=O)=O)c1.[Cl-]. The van der Waals surface area contributed by atoms with Crippen LogP contribution in [0.15, 0.2) is 24.5 Å². The summed E-state index contributed by atoms with van der Waals surface area (Å²) in [6.45, 7) is 1.81. The Balaban J connectivity index is 0.00000392. The van der Waals surface area contributed by atoms with E-state index in [9.17, 15) is 22.8 Å². The van der Waals surface area contributed by atoms with Gasteiger partial charge in [-0.3, -0.25) is 9.59 Å². The Hall–Kier alpha value is -1.89. The lowest BCUT2D eigenvalue weighted by atomic mass is 10.2. The van der Waals surface area contributed by atoms with Gasteiger partial charge in [0.2, 0.25) is 16.6 Å². The highest BCUT2D eigenvalue weighted by atomic mass is 35.5. The van der Waals surface area contributed by atoms with Gasteiger partial charge in [0.15, 0.2) is 12.4 Å². The normalized spacial score (nSPS) is 16.2. The van der Waals surface area contributed by atoms with E-state index in [0.29, 0.717) is 11.6 Å². The van der Waals surface area contributed by atoms with Gasteiger partial charge in [-0.1, -0.05) is 0 Å². The molecule has 28 heavy (non-hydrogen) atoms. The first-order valence-corrected chi connectivity index (χ1v) is 11.0. The molecule has 1 aliphatic rings. The molecule has 2 heterocycles. The Bertz CT molecular complexity index is 851. The Morgan fingerprint density at radius 2 is 2.11 bits per heavy atom. The molecule has 1 aromatic rings. The zero-order valence-corrected chi connectivity index (χ0v) is 17.7. The molecule has 2 amide bonds. The summed E-state index contributed by atoms with van der Waals surface area (Å²) in [7, 11) is -3.90. The average Bonchev–Trinajstić information content (AvgIpc) is 3.10. The summed E-state index contributed by atoms with van der Waals surface area (Å²) in [6, 6.07) is 2.25. The Morgan fingerprint density at radius 1 is 1.43 bits per heavy atom. The zero-order chi connectivity index (χ0) is 20.2. The van der Waals surface area contributed by atoms with E-state index in [1.165, 1.54) is 39.6 Å². The number of amides is 2. The van der Waals surface area contributed by atoms with Crippen LogP contribution in [-0.4, -0.2) is 66.0 Å². The van der Waals surface area contributed by atoms with Crippen molar-refractivity contribution in [3.05, 3.63) is 30.1 Å². The molecular formula is C15H21ClN4O6S2. The minimum Gasteiger partial charge on any atom is -1.00 e. The van der Waals surface area contributed by atoms with Gasteiger partial charge in [0.25, 0.3) is 11.8 Å². The number of hydrogen-bond donors (Lipinski definition) is 1. The van der Waals surface area contributed by atoms with Gasteiger partial charge < -0.3 is 22.0 Å². The second kappa shape index (κ2) is 10.0. The van der Waals surface area contributed by atoms with Crippen molar-refractivity contribution in [3.8, 4) is 0 Å². The molecule has 0 spiro atoms. The van der Waals surface area contributed by atoms with Crippen LogP contribution in [0.3, 0.4) is 0 Å². The van der Waals surface area contributed by atoms with Crippen molar-refractivity contribution in [1.29, 1.82) is 0 Å². The van der Waals surface area contributed by atoms with Crippen molar-refractivity contribution in [1.82, 2.24) is 9.31 Å². The Kier molecular flexibility index (Phi) is 8.67. The molecule has 10 nitrogen and oxygen atoms in total. The van der Waals surface area contributed by atoms with E-state index in [1.54, 1.807) is 13.1 Å². The van der Waals surface area contributed by atoms with E-state index in [0.717, 1.165) is 6.26 Å². The van der Waals surface area contributed by atoms with Crippen molar-refractivity contribution in [3.63, 3.8) is 0 Å². The lowest BCUT2D eigenvalue weighted by Crippen LogP contribution is -3.00. The maximum atomic E-state index is 12.6. The fourth-order valence-corrected chi connectivity index (χ4v) is 3.97. The van der Waals surface area contributed by atoms with Crippen molar-refractivity contribution in [2.45, 2.75) is 19.5 Å². The number of nitrogens with zero attached hydrogens (tertiary/aromatic N) is 3. The molecule has 156 valence electrons. The number of esters is 1. The molecule has 1 atom stereocenters. The van der Waals surface area contributed by atoms with E-state index < -0.39 is 27.9 Å². The predicted molar refractivity (Wildman–Crippen MR) is 96.4 cm³/mol. The summed E-state index contributed by atoms with van der Waals surface area (Å²) >= 11 is 1.45. The Morgan fingerprint density at radius 3 is 2.71 bits per heavy atom. The molecule has 0 aliphatic carbocycles. The van der Waals surface area contributed by atoms with Gasteiger partial charge in [-0.25, -0.2) is 19.1 Å². The molecule has 0 saturated carbocycles. The average molecular weight is 453 g/mol. The number of halogens is 1. The summed E-state index contributed by atoms with van der Waals surface area (Å²) in [5, 5.41) is 0. The number of hydrazine groups is 1. The van der Waals surface area contributed by atoms with Crippen LogP contribution in [-0.2, 0) is 30.9 Å². The second-order valence-corrected chi connectivity index (χ2v) is 8.62. The van der Waals surface area contributed by atoms with Gasteiger partial charge in [-0.15, -0.1) is 11.8 Å². The maximum absolute atomic E-state index is 12.6. The highest BCUT2D eigenvalue weighted by molar-refractivity contribution is 7.99. The molecule has 1 saturated heterocycles.